The molecule has 0 aromatic heterocycles. The first kappa shape index (κ1) is 24.3. The molecule has 4 rings (SSSR count). The summed E-state index contributed by atoms with van der Waals surface area (Å²) in [5, 5.41) is 9.27. The van der Waals surface area contributed by atoms with Gasteiger partial charge in [0.2, 0.25) is 0 Å². The average molecular weight is 581 g/mol. The molecule has 1 aliphatic carbocycles. The van der Waals surface area contributed by atoms with Gasteiger partial charge >= 0.3 is 5.97 Å². The van der Waals surface area contributed by atoms with Crippen LogP contribution in [-0.4, -0.2) is 5.97 Å². The number of hydrogen-bond acceptors (Lipinski definition) is 5. The summed E-state index contributed by atoms with van der Waals surface area (Å²) < 4.78 is 13.4. The fourth-order valence-corrected chi connectivity index (χ4v) is 4.49. The molecule has 1 atom stereocenters. The highest BCUT2D eigenvalue weighted by atomic mass is 79.9. The summed E-state index contributed by atoms with van der Waals surface area (Å²) in [5.41, 5.74) is 9.30. The Morgan fingerprint density at radius 3 is 2.50 bits per heavy atom. The summed E-state index contributed by atoms with van der Waals surface area (Å²) in [4.78, 5) is 12.9. The van der Waals surface area contributed by atoms with Crippen molar-refractivity contribution in [3.05, 3.63) is 80.0 Å². The maximum absolute atomic E-state index is 12.9. The maximum atomic E-state index is 12.9. The van der Waals surface area contributed by atoms with E-state index in [1.165, 1.54) is 0 Å². The van der Waals surface area contributed by atoms with Crippen molar-refractivity contribution < 1.29 is 13.9 Å². The van der Waals surface area contributed by atoms with Gasteiger partial charge < -0.3 is 14.9 Å². The predicted molar refractivity (Wildman–Crippen MR) is 135 cm³/mol. The Labute approximate surface area is 208 Å². The Hall–Kier alpha value is -2.35. The Kier molecular flexibility index (Phi) is 7.64. The molecule has 0 saturated heterocycles. The van der Waals surface area contributed by atoms with Gasteiger partial charge in [0.1, 0.15) is 6.10 Å². The monoisotopic (exact) mass is 578 g/mol. The highest BCUT2D eigenvalue weighted by molar-refractivity contribution is 9.11. The van der Waals surface area contributed by atoms with E-state index in [1.54, 1.807) is 24.3 Å². The van der Waals surface area contributed by atoms with Crippen molar-refractivity contribution in [2.45, 2.75) is 25.9 Å². The Bertz CT molecular complexity index is 1310. The van der Waals surface area contributed by atoms with E-state index in [2.05, 4.69) is 31.9 Å². The third kappa shape index (κ3) is 4.42. The van der Waals surface area contributed by atoms with Crippen LogP contribution in [-0.2, 0) is 4.74 Å². The van der Waals surface area contributed by atoms with Crippen LogP contribution in [0.25, 0.3) is 22.3 Å². The molecule has 0 bridgehead atoms. The summed E-state index contributed by atoms with van der Waals surface area (Å²) >= 11 is 7.01. The van der Waals surface area contributed by atoms with Gasteiger partial charge in [0.05, 0.1) is 19.9 Å². The van der Waals surface area contributed by atoms with Crippen LogP contribution in [0.3, 0.4) is 0 Å². The number of nitrogens with one attached hydrogen (secondary N) is 1. The zero-order valence-electron chi connectivity index (χ0n) is 17.2. The van der Waals surface area contributed by atoms with Gasteiger partial charge in [0.15, 0.2) is 11.3 Å². The van der Waals surface area contributed by atoms with E-state index in [0.29, 0.717) is 43.3 Å². The number of anilines is 1. The van der Waals surface area contributed by atoms with Crippen molar-refractivity contribution in [1.29, 1.82) is 5.41 Å². The van der Waals surface area contributed by atoms with Crippen LogP contribution in [0, 0.1) is 5.41 Å². The van der Waals surface area contributed by atoms with Gasteiger partial charge in [0.25, 0.3) is 0 Å². The molecule has 1 heterocycles. The van der Waals surface area contributed by atoms with Crippen molar-refractivity contribution in [2.75, 3.05) is 5.73 Å². The Morgan fingerprint density at radius 1 is 1.09 bits per heavy atom. The molecule has 8 heteroatoms. The zero-order valence-corrected chi connectivity index (χ0v) is 21.1. The van der Waals surface area contributed by atoms with Crippen LogP contribution in [0.5, 0.6) is 0 Å². The molecule has 0 amide bonds. The average Bonchev–Trinajstić information content (AvgIpc) is 2.78. The number of esters is 1. The molecule has 2 aliphatic rings. The number of ether oxygens (including phenoxy) is 1. The van der Waals surface area contributed by atoms with E-state index in [4.69, 9.17) is 20.3 Å². The number of benzene rings is 3. The first-order chi connectivity index (χ1) is 14.9. The molecular formula is C24H21Br2ClN2O3. The number of hydrogen-bond donors (Lipinski definition) is 2. The number of rotatable bonds is 5. The number of nitrogens with two attached hydrogens (primary N) is 1. The largest absolute Gasteiger partial charge is 0.454 e. The summed E-state index contributed by atoms with van der Waals surface area (Å²) in [6, 6.07) is 16.2. The minimum atomic E-state index is -0.502. The first-order valence-electron chi connectivity index (χ1n) is 9.85. The van der Waals surface area contributed by atoms with E-state index in [0.717, 1.165) is 22.9 Å². The van der Waals surface area contributed by atoms with Crippen LogP contribution in [0.1, 0.15) is 41.8 Å². The quantitative estimate of drug-likeness (QED) is 0.148. The Morgan fingerprint density at radius 2 is 1.81 bits per heavy atom. The number of carbonyl (C=O) groups is 1. The first-order valence-corrected chi connectivity index (χ1v) is 11.4. The summed E-state index contributed by atoms with van der Waals surface area (Å²) in [6.07, 6.45) is 0.947. The second kappa shape index (κ2) is 10.1. The fraction of sp³-hybridized carbons (Fsp3) is 0.167. The minimum Gasteiger partial charge on any atom is -0.454 e. The molecule has 3 N–H and O–H groups in total. The van der Waals surface area contributed by atoms with Crippen molar-refractivity contribution in [2.24, 2.45) is 0 Å². The molecule has 5 nitrogen and oxygen atoms in total. The second-order valence-corrected chi connectivity index (χ2v) is 8.80. The second-order valence-electron chi connectivity index (χ2n) is 7.21. The number of halogens is 3. The predicted octanol–water partition coefficient (Wildman–Crippen LogP) is 7.24. The third-order valence-electron chi connectivity index (χ3n) is 5.14. The number of nitrogen functional groups attached to an aromatic ring is 1. The van der Waals surface area contributed by atoms with Crippen molar-refractivity contribution >= 4 is 66.9 Å². The van der Waals surface area contributed by atoms with Crippen LogP contribution < -0.4 is 11.1 Å². The molecule has 0 spiro atoms. The molecule has 0 fully saturated rings. The topological polar surface area (TPSA) is 89.3 Å². The van der Waals surface area contributed by atoms with Crippen LogP contribution in [0.15, 0.2) is 68.0 Å². The lowest BCUT2D eigenvalue weighted by atomic mass is 9.93. The highest BCUT2D eigenvalue weighted by Crippen LogP contribution is 2.44. The third-order valence-corrected chi connectivity index (χ3v) is 6.75. The van der Waals surface area contributed by atoms with E-state index >= 15 is 0 Å². The summed E-state index contributed by atoms with van der Waals surface area (Å²) in [6.45, 7) is 2.05. The highest BCUT2D eigenvalue weighted by Gasteiger charge is 2.28. The molecule has 1 unspecified atom stereocenters. The normalized spacial score (nSPS) is 11.8. The minimum absolute atomic E-state index is 0. The Balaban J connectivity index is 0.00000289. The molecule has 2 aromatic rings. The number of carbonyl (C=O) groups excluding carboxylic acids is 1. The van der Waals surface area contributed by atoms with Gasteiger partial charge in [-0.05, 0) is 74.7 Å². The van der Waals surface area contributed by atoms with E-state index in [9.17, 15) is 4.79 Å². The molecular weight excluding hydrogens is 560 g/mol. The maximum Gasteiger partial charge on any atom is 0.338 e. The van der Waals surface area contributed by atoms with Crippen LogP contribution in [0.4, 0.5) is 5.69 Å². The van der Waals surface area contributed by atoms with E-state index < -0.39 is 6.10 Å². The van der Waals surface area contributed by atoms with Gasteiger partial charge in [-0.25, -0.2) is 4.79 Å². The van der Waals surface area contributed by atoms with Gasteiger partial charge in [-0.3, -0.25) is 5.41 Å². The van der Waals surface area contributed by atoms with Gasteiger partial charge in [-0.1, -0.05) is 31.5 Å². The standard InChI is InChI=1S/C24H20Br2N2O3.ClH/c1-2-6-18(30-24(29)13-7-4-3-5-8-13)19-14-9-11-16(27)20(25)22(14)31-23-15(19)10-12-17(28)21(23)26;/h3-5,7-12,18,27H,2,6,28H2,1H3;1H. The smallest absolute Gasteiger partial charge is 0.338 e. The molecule has 1 aliphatic heterocycles. The molecule has 2 aromatic carbocycles. The molecule has 32 heavy (non-hydrogen) atoms. The SMILES string of the molecule is CCCC(OC(=O)c1ccccc1)c1c2ccc(=N)c(Br)c-2oc2c(Br)c(N)ccc12.Cl. The fourth-order valence-electron chi connectivity index (χ4n) is 3.64. The van der Waals surface area contributed by atoms with Crippen LogP contribution >= 0.6 is 44.3 Å². The van der Waals surface area contributed by atoms with E-state index in [-0.39, 0.29) is 18.4 Å². The lowest BCUT2D eigenvalue weighted by Gasteiger charge is -2.24. The molecule has 0 saturated carbocycles. The van der Waals surface area contributed by atoms with Crippen molar-refractivity contribution in [1.82, 2.24) is 0 Å². The van der Waals surface area contributed by atoms with Crippen molar-refractivity contribution in [3.63, 3.8) is 0 Å². The zero-order chi connectivity index (χ0) is 22.1. The van der Waals surface area contributed by atoms with Gasteiger partial charge in [-0.15, -0.1) is 12.4 Å². The lowest BCUT2D eigenvalue weighted by molar-refractivity contribution is 0.0279. The van der Waals surface area contributed by atoms with Gasteiger partial charge in [0, 0.05) is 22.2 Å². The van der Waals surface area contributed by atoms with E-state index in [1.807, 2.05) is 37.3 Å². The number of fused-ring (bicyclic) bond motifs is 2. The van der Waals surface area contributed by atoms with Gasteiger partial charge in [-0.2, -0.15) is 0 Å². The summed E-state index contributed by atoms with van der Waals surface area (Å²) in [5.74, 6) is 0.130. The summed E-state index contributed by atoms with van der Waals surface area (Å²) in [7, 11) is 0. The molecule has 166 valence electrons. The van der Waals surface area contributed by atoms with Crippen LogP contribution in [0.2, 0.25) is 0 Å². The molecule has 0 radical (unpaired) electrons. The van der Waals surface area contributed by atoms with Crippen molar-refractivity contribution in [3.8, 4) is 11.3 Å². The lowest BCUT2D eigenvalue weighted by Crippen LogP contribution is -2.14.